The lowest BCUT2D eigenvalue weighted by molar-refractivity contribution is 0.262. The molecule has 1 nitrogen and oxygen atoms in total. The topological polar surface area (TPSA) is 3.24 Å². The molecule has 1 heteroatoms. The van der Waals surface area contributed by atoms with Crippen LogP contribution in [-0.2, 0) is 0 Å². The van der Waals surface area contributed by atoms with Gasteiger partial charge in [-0.05, 0) is 12.5 Å². The molecule has 0 radical (unpaired) electrons. The van der Waals surface area contributed by atoms with Crippen molar-refractivity contribution in [3.63, 3.8) is 0 Å². The van der Waals surface area contributed by atoms with Gasteiger partial charge in [-0.2, -0.15) is 0 Å². The van der Waals surface area contributed by atoms with Crippen LogP contribution in [0.1, 0.15) is 27.2 Å². The van der Waals surface area contributed by atoms with Crippen molar-refractivity contribution in [1.29, 1.82) is 0 Å². The van der Waals surface area contributed by atoms with Crippen molar-refractivity contribution in [2.75, 3.05) is 19.6 Å². The Morgan fingerprint density at radius 3 is 2.45 bits per heavy atom. The largest absolute Gasteiger partial charge is 0.302 e. The fraction of sp³-hybridized carbons (Fsp3) is 0.800. The van der Waals surface area contributed by atoms with Crippen molar-refractivity contribution in [2.24, 2.45) is 5.92 Å². The van der Waals surface area contributed by atoms with Crippen molar-refractivity contribution in [3.05, 3.63) is 0 Å². The smallest absolute Gasteiger partial charge is 0.0214 e. The molecule has 0 aromatic carbocycles. The van der Waals surface area contributed by atoms with Gasteiger partial charge in [-0.15, -0.1) is 12.3 Å². The molecule has 0 heterocycles. The second-order valence-electron chi connectivity index (χ2n) is 3.24. The summed E-state index contributed by atoms with van der Waals surface area (Å²) in [5, 5.41) is 0. The van der Waals surface area contributed by atoms with Crippen molar-refractivity contribution < 1.29 is 0 Å². The SMILES string of the molecule is C#CCCN(CC)CC(C)C. The van der Waals surface area contributed by atoms with E-state index < -0.39 is 0 Å². The maximum Gasteiger partial charge on any atom is 0.0214 e. The molecular weight excluding hydrogens is 134 g/mol. The van der Waals surface area contributed by atoms with Gasteiger partial charge in [-0.25, -0.2) is 0 Å². The minimum Gasteiger partial charge on any atom is -0.302 e. The predicted molar refractivity (Wildman–Crippen MR) is 50.4 cm³/mol. The summed E-state index contributed by atoms with van der Waals surface area (Å²) >= 11 is 0. The number of nitrogens with zero attached hydrogens (tertiary/aromatic N) is 1. The quantitative estimate of drug-likeness (QED) is 0.546. The molecule has 0 unspecified atom stereocenters. The van der Waals surface area contributed by atoms with E-state index >= 15 is 0 Å². The number of terminal acetylenes is 1. The average molecular weight is 153 g/mol. The minimum atomic E-state index is 0.743. The Balaban J connectivity index is 3.51. The minimum absolute atomic E-state index is 0.743. The van der Waals surface area contributed by atoms with Crippen LogP contribution in [0.4, 0.5) is 0 Å². The molecule has 0 fully saturated rings. The Hall–Kier alpha value is -0.480. The Labute approximate surface area is 70.8 Å². The molecule has 0 aliphatic heterocycles. The number of hydrogen-bond donors (Lipinski definition) is 0. The van der Waals surface area contributed by atoms with Crippen LogP contribution in [0, 0.1) is 18.3 Å². The Morgan fingerprint density at radius 2 is 2.09 bits per heavy atom. The highest BCUT2D eigenvalue weighted by Gasteiger charge is 2.02. The fourth-order valence-corrected chi connectivity index (χ4v) is 1.12. The van der Waals surface area contributed by atoms with Crippen molar-refractivity contribution in [2.45, 2.75) is 27.2 Å². The van der Waals surface area contributed by atoms with Crippen LogP contribution < -0.4 is 0 Å². The van der Waals surface area contributed by atoms with E-state index in [0.717, 1.165) is 32.0 Å². The van der Waals surface area contributed by atoms with Crippen molar-refractivity contribution in [1.82, 2.24) is 4.90 Å². The zero-order valence-corrected chi connectivity index (χ0v) is 7.93. The molecule has 0 saturated carbocycles. The molecule has 0 aromatic heterocycles. The highest BCUT2D eigenvalue weighted by atomic mass is 15.1. The van der Waals surface area contributed by atoms with Gasteiger partial charge >= 0.3 is 0 Å². The molecule has 0 spiro atoms. The van der Waals surface area contributed by atoms with Crippen LogP contribution in [0.3, 0.4) is 0 Å². The average Bonchev–Trinajstić information content (AvgIpc) is 1.97. The molecule has 0 bridgehead atoms. The van der Waals surface area contributed by atoms with E-state index in [9.17, 15) is 0 Å². The molecule has 0 saturated heterocycles. The molecule has 0 N–H and O–H groups in total. The molecule has 11 heavy (non-hydrogen) atoms. The van der Waals surface area contributed by atoms with E-state index in [2.05, 4.69) is 31.6 Å². The Bertz CT molecular complexity index is 121. The van der Waals surface area contributed by atoms with Gasteiger partial charge in [-0.3, -0.25) is 0 Å². The third-order valence-corrected chi connectivity index (χ3v) is 1.64. The van der Waals surface area contributed by atoms with E-state index in [4.69, 9.17) is 6.42 Å². The normalized spacial score (nSPS) is 10.5. The van der Waals surface area contributed by atoms with Gasteiger partial charge in [0.15, 0.2) is 0 Å². The van der Waals surface area contributed by atoms with Crippen LogP contribution >= 0.6 is 0 Å². The van der Waals surface area contributed by atoms with Crippen molar-refractivity contribution in [3.8, 4) is 12.3 Å². The Morgan fingerprint density at radius 1 is 1.45 bits per heavy atom. The maximum absolute atomic E-state index is 5.19. The Kier molecular flexibility index (Phi) is 5.97. The summed E-state index contributed by atoms with van der Waals surface area (Å²) in [6.07, 6.45) is 6.06. The summed E-state index contributed by atoms with van der Waals surface area (Å²) < 4.78 is 0. The zero-order valence-electron chi connectivity index (χ0n) is 7.93. The molecule has 0 atom stereocenters. The van der Waals surface area contributed by atoms with Crippen LogP contribution in [-0.4, -0.2) is 24.5 Å². The van der Waals surface area contributed by atoms with Crippen LogP contribution in [0.25, 0.3) is 0 Å². The standard InChI is InChI=1S/C10H19N/c1-5-7-8-11(6-2)9-10(3)4/h1,10H,6-9H2,2-4H3. The zero-order chi connectivity index (χ0) is 8.69. The van der Waals surface area contributed by atoms with Crippen molar-refractivity contribution >= 4 is 0 Å². The summed E-state index contributed by atoms with van der Waals surface area (Å²) in [5.41, 5.74) is 0. The first-order valence-electron chi connectivity index (χ1n) is 4.36. The first-order chi connectivity index (χ1) is 5.20. The van der Waals surface area contributed by atoms with Crippen LogP contribution in [0.5, 0.6) is 0 Å². The van der Waals surface area contributed by atoms with Gasteiger partial charge in [0, 0.05) is 19.5 Å². The predicted octanol–water partition coefficient (Wildman–Crippen LogP) is 1.99. The number of rotatable bonds is 5. The lowest BCUT2D eigenvalue weighted by Crippen LogP contribution is -2.28. The summed E-state index contributed by atoms with van der Waals surface area (Å²) in [5.74, 6) is 3.41. The molecule has 0 aliphatic rings. The van der Waals surface area contributed by atoms with E-state index in [-0.39, 0.29) is 0 Å². The third kappa shape index (κ3) is 5.94. The summed E-state index contributed by atoms with van der Waals surface area (Å²) in [4.78, 5) is 2.39. The lowest BCUT2D eigenvalue weighted by Gasteiger charge is -2.20. The second kappa shape index (κ2) is 6.24. The van der Waals surface area contributed by atoms with E-state index in [1.165, 1.54) is 0 Å². The second-order valence-corrected chi connectivity index (χ2v) is 3.24. The van der Waals surface area contributed by atoms with Crippen LogP contribution in [0.2, 0.25) is 0 Å². The third-order valence-electron chi connectivity index (χ3n) is 1.64. The molecule has 0 amide bonds. The van der Waals surface area contributed by atoms with Gasteiger partial charge < -0.3 is 4.90 Å². The van der Waals surface area contributed by atoms with Gasteiger partial charge in [0.1, 0.15) is 0 Å². The maximum atomic E-state index is 5.19. The van der Waals surface area contributed by atoms with E-state index in [1.54, 1.807) is 0 Å². The van der Waals surface area contributed by atoms with Gasteiger partial charge in [0.2, 0.25) is 0 Å². The van der Waals surface area contributed by atoms with Gasteiger partial charge in [0.25, 0.3) is 0 Å². The lowest BCUT2D eigenvalue weighted by atomic mass is 10.2. The molecular formula is C10H19N. The van der Waals surface area contributed by atoms with E-state index in [0.29, 0.717) is 0 Å². The molecule has 0 aromatic rings. The highest BCUT2D eigenvalue weighted by molar-refractivity contribution is 4.84. The molecule has 0 rings (SSSR count). The molecule has 64 valence electrons. The van der Waals surface area contributed by atoms with Gasteiger partial charge in [0.05, 0.1) is 0 Å². The summed E-state index contributed by atoms with van der Waals surface area (Å²) in [7, 11) is 0. The summed E-state index contributed by atoms with van der Waals surface area (Å²) in [6, 6.07) is 0. The summed E-state index contributed by atoms with van der Waals surface area (Å²) in [6.45, 7) is 9.97. The monoisotopic (exact) mass is 153 g/mol. The first kappa shape index (κ1) is 10.5. The first-order valence-corrected chi connectivity index (χ1v) is 4.36. The highest BCUT2D eigenvalue weighted by Crippen LogP contribution is 1.98. The van der Waals surface area contributed by atoms with E-state index in [1.807, 2.05) is 0 Å². The molecule has 0 aliphatic carbocycles. The van der Waals surface area contributed by atoms with Crippen LogP contribution in [0.15, 0.2) is 0 Å². The van der Waals surface area contributed by atoms with Gasteiger partial charge in [-0.1, -0.05) is 20.8 Å². The fourth-order valence-electron chi connectivity index (χ4n) is 1.12. The number of hydrogen-bond acceptors (Lipinski definition) is 1.